The Hall–Kier alpha value is -2.78. The van der Waals surface area contributed by atoms with E-state index in [4.69, 9.17) is 10.4 Å². The third-order valence-electron chi connectivity index (χ3n) is 3.05. The molecule has 2 aromatic rings. The van der Waals surface area contributed by atoms with Crippen molar-refractivity contribution in [3.63, 3.8) is 0 Å². The first-order chi connectivity index (χ1) is 11.0. The molecule has 0 fully saturated rings. The maximum absolute atomic E-state index is 12.2. The summed E-state index contributed by atoms with van der Waals surface area (Å²) in [6.45, 7) is 1.70. The van der Waals surface area contributed by atoms with E-state index >= 15 is 0 Å². The van der Waals surface area contributed by atoms with Crippen molar-refractivity contribution in [2.24, 2.45) is 0 Å². The number of thioether (sulfide) groups is 1. The van der Waals surface area contributed by atoms with Crippen LogP contribution >= 0.6 is 11.8 Å². The van der Waals surface area contributed by atoms with Crippen LogP contribution in [0.5, 0.6) is 0 Å². The van der Waals surface area contributed by atoms with E-state index in [1.54, 1.807) is 49.4 Å². The molecule has 23 heavy (non-hydrogen) atoms. The van der Waals surface area contributed by atoms with Crippen LogP contribution in [0.2, 0.25) is 0 Å². The second-order valence-corrected chi connectivity index (χ2v) is 6.13. The molecule has 2 aromatic carbocycles. The highest BCUT2D eigenvalue weighted by Gasteiger charge is 2.18. The van der Waals surface area contributed by atoms with E-state index in [2.05, 4.69) is 5.32 Å². The van der Waals surface area contributed by atoms with Crippen LogP contribution in [0.1, 0.15) is 22.8 Å². The van der Waals surface area contributed by atoms with Crippen LogP contribution in [0.3, 0.4) is 0 Å². The number of nitriles is 1. The Morgan fingerprint density at radius 2 is 1.96 bits per heavy atom. The Morgan fingerprint density at radius 1 is 1.22 bits per heavy atom. The Bertz CT molecular complexity index is 783. The normalized spacial score (nSPS) is 11.3. The molecule has 0 saturated carbocycles. The van der Waals surface area contributed by atoms with Gasteiger partial charge < -0.3 is 10.4 Å². The SMILES string of the molecule is CC(Sc1ccccc1C(=O)O)C(=O)Nc1cccc(C#N)c1. The van der Waals surface area contributed by atoms with Gasteiger partial charge in [-0.2, -0.15) is 5.26 Å². The second kappa shape index (κ2) is 7.47. The van der Waals surface area contributed by atoms with Crippen LogP contribution < -0.4 is 5.32 Å². The van der Waals surface area contributed by atoms with E-state index in [0.717, 1.165) is 0 Å². The minimum atomic E-state index is -1.03. The number of carbonyl (C=O) groups excluding carboxylic acids is 1. The lowest BCUT2D eigenvalue weighted by molar-refractivity contribution is -0.115. The number of benzene rings is 2. The number of hydrogen-bond acceptors (Lipinski definition) is 4. The third-order valence-corrected chi connectivity index (χ3v) is 4.23. The average Bonchev–Trinajstić information content (AvgIpc) is 2.55. The highest BCUT2D eigenvalue weighted by Crippen LogP contribution is 2.27. The molecule has 6 heteroatoms. The van der Waals surface area contributed by atoms with Gasteiger partial charge in [-0.15, -0.1) is 11.8 Å². The lowest BCUT2D eigenvalue weighted by Gasteiger charge is -2.13. The number of nitrogens with one attached hydrogen (secondary N) is 1. The monoisotopic (exact) mass is 326 g/mol. The Kier molecular flexibility index (Phi) is 5.39. The average molecular weight is 326 g/mol. The van der Waals surface area contributed by atoms with Crippen LogP contribution in [0.15, 0.2) is 53.4 Å². The molecule has 0 aliphatic rings. The van der Waals surface area contributed by atoms with Crippen molar-refractivity contribution < 1.29 is 14.7 Å². The van der Waals surface area contributed by atoms with Gasteiger partial charge in [0.25, 0.3) is 0 Å². The highest BCUT2D eigenvalue weighted by molar-refractivity contribution is 8.00. The molecule has 1 atom stereocenters. The van der Waals surface area contributed by atoms with Crippen LogP contribution in [0.4, 0.5) is 5.69 Å². The zero-order valence-corrected chi connectivity index (χ0v) is 13.1. The fraction of sp³-hybridized carbons (Fsp3) is 0.118. The molecule has 2 rings (SSSR count). The van der Waals surface area contributed by atoms with Crippen molar-refractivity contribution in [2.45, 2.75) is 17.1 Å². The molecule has 0 aliphatic carbocycles. The summed E-state index contributed by atoms with van der Waals surface area (Å²) in [4.78, 5) is 24.0. The number of hydrogen-bond donors (Lipinski definition) is 2. The first-order valence-corrected chi connectivity index (χ1v) is 7.69. The summed E-state index contributed by atoms with van der Waals surface area (Å²) >= 11 is 1.18. The molecule has 0 radical (unpaired) electrons. The first kappa shape index (κ1) is 16.6. The van der Waals surface area contributed by atoms with E-state index in [1.165, 1.54) is 17.8 Å². The first-order valence-electron chi connectivity index (χ1n) is 6.81. The summed E-state index contributed by atoms with van der Waals surface area (Å²) in [5, 5.41) is 20.3. The molecule has 1 unspecified atom stereocenters. The van der Waals surface area contributed by atoms with Gasteiger partial charge >= 0.3 is 5.97 Å². The van der Waals surface area contributed by atoms with Gasteiger partial charge in [-0.05, 0) is 37.3 Å². The molecule has 0 spiro atoms. The number of anilines is 1. The fourth-order valence-corrected chi connectivity index (χ4v) is 2.89. The van der Waals surface area contributed by atoms with Gasteiger partial charge in [0.1, 0.15) is 0 Å². The fourth-order valence-electron chi connectivity index (χ4n) is 1.90. The van der Waals surface area contributed by atoms with Gasteiger partial charge in [0.2, 0.25) is 5.91 Å². The second-order valence-electron chi connectivity index (χ2n) is 4.74. The Morgan fingerprint density at radius 3 is 2.65 bits per heavy atom. The zero-order valence-electron chi connectivity index (χ0n) is 12.3. The molecule has 0 bridgehead atoms. The summed E-state index contributed by atoms with van der Waals surface area (Å²) in [5.74, 6) is -1.28. The van der Waals surface area contributed by atoms with E-state index in [1.807, 2.05) is 6.07 Å². The number of carboxylic acids is 1. The smallest absolute Gasteiger partial charge is 0.336 e. The van der Waals surface area contributed by atoms with Crippen molar-refractivity contribution in [3.05, 3.63) is 59.7 Å². The highest BCUT2D eigenvalue weighted by atomic mass is 32.2. The van der Waals surface area contributed by atoms with Crippen molar-refractivity contribution in [1.29, 1.82) is 5.26 Å². The number of aromatic carboxylic acids is 1. The summed E-state index contributed by atoms with van der Waals surface area (Å²) in [6, 6.07) is 15.2. The zero-order chi connectivity index (χ0) is 16.8. The van der Waals surface area contributed by atoms with Crippen molar-refractivity contribution >= 4 is 29.3 Å². The third kappa shape index (κ3) is 4.34. The summed E-state index contributed by atoms with van der Waals surface area (Å²) in [6.07, 6.45) is 0. The molecular weight excluding hydrogens is 312 g/mol. The molecule has 5 nitrogen and oxygen atoms in total. The van der Waals surface area contributed by atoms with Crippen LogP contribution in [-0.4, -0.2) is 22.2 Å². The van der Waals surface area contributed by atoms with E-state index in [0.29, 0.717) is 16.1 Å². The number of amides is 1. The molecule has 0 aliphatic heterocycles. The van der Waals surface area contributed by atoms with Crippen molar-refractivity contribution in [1.82, 2.24) is 0 Å². The van der Waals surface area contributed by atoms with Gasteiger partial charge in [-0.25, -0.2) is 4.79 Å². The van der Waals surface area contributed by atoms with Gasteiger partial charge in [-0.3, -0.25) is 4.79 Å². The van der Waals surface area contributed by atoms with Gasteiger partial charge in [0.15, 0.2) is 0 Å². The van der Waals surface area contributed by atoms with Crippen LogP contribution in [0.25, 0.3) is 0 Å². The number of rotatable bonds is 5. The minimum Gasteiger partial charge on any atom is -0.478 e. The number of carbonyl (C=O) groups is 2. The van der Waals surface area contributed by atoms with Crippen molar-refractivity contribution in [2.75, 3.05) is 5.32 Å². The van der Waals surface area contributed by atoms with E-state index in [9.17, 15) is 9.59 Å². The molecule has 0 saturated heterocycles. The molecule has 2 N–H and O–H groups in total. The maximum atomic E-state index is 12.2. The maximum Gasteiger partial charge on any atom is 0.336 e. The molecule has 1 amide bonds. The number of carboxylic acid groups (broad SMARTS) is 1. The largest absolute Gasteiger partial charge is 0.478 e. The lowest BCUT2D eigenvalue weighted by Crippen LogP contribution is -2.22. The van der Waals surface area contributed by atoms with E-state index < -0.39 is 11.2 Å². The lowest BCUT2D eigenvalue weighted by atomic mass is 10.2. The Labute approximate surface area is 137 Å². The summed E-state index contributed by atoms with van der Waals surface area (Å²) in [5.41, 5.74) is 1.16. The molecular formula is C17H14N2O3S. The van der Waals surface area contributed by atoms with Crippen LogP contribution in [0, 0.1) is 11.3 Å². The molecule has 0 heterocycles. The van der Waals surface area contributed by atoms with Crippen molar-refractivity contribution in [3.8, 4) is 6.07 Å². The van der Waals surface area contributed by atoms with E-state index in [-0.39, 0.29) is 11.5 Å². The molecule has 116 valence electrons. The summed E-state index contributed by atoms with van der Waals surface area (Å²) in [7, 11) is 0. The topological polar surface area (TPSA) is 90.2 Å². The number of nitrogens with zero attached hydrogens (tertiary/aromatic N) is 1. The molecule has 0 aromatic heterocycles. The summed E-state index contributed by atoms with van der Waals surface area (Å²) < 4.78 is 0. The van der Waals surface area contributed by atoms with Gasteiger partial charge in [-0.1, -0.05) is 18.2 Å². The van der Waals surface area contributed by atoms with Crippen LogP contribution in [-0.2, 0) is 4.79 Å². The Balaban J connectivity index is 2.09. The van der Waals surface area contributed by atoms with Gasteiger partial charge in [0.05, 0.1) is 22.4 Å². The minimum absolute atomic E-state index is 0.170. The predicted octanol–water partition coefficient (Wildman–Crippen LogP) is 3.38. The quantitative estimate of drug-likeness (QED) is 0.822. The standard InChI is InChI=1S/C17H14N2O3S/c1-11(23-15-8-3-2-7-14(15)17(21)22)16(20)19-13-6-4-5-12(9-13)10-18/h2-9,11H,1H3,(H,19,20)(H,21,22). The van der Waals surface area contributed by atoms with Gasteiger partial charge in [0, 0.05) is 10.6 Å². The predicted molar refractivity (Wildman–Crippen MR) is 88.5 cm³/mol.